The molecule has 3 heteroatoms. The largest absolute Gasteiger partial charge is 0.299 e. The first-order valence-electron chi connectivity index (χ1n) is 7.00. The predicted molar refractivity (Wildman–Crippen MR) is 71.4 cm³/mol. The van der Waals surface area contributed by atoms with Crippen molar-refractivity contribution in [3.8, 4) is 0 Å². The van der Waals surface area contributed by atoms with E-state index in [0.717, 1.165) is 38.5 Å². The number of Topliss-reactive ketones (excluding diaryl/α,β-unsaturated/α-hetero) is 1. The molecule has 2 rings (SSSR count). The molecular formula is C14H24O2S. The molecule has 2 saturated heterocycles. The molecule has 0 radical (unpaired) electrons. The smallest absolute Gasteiger partial charge is 0.136 e. The highest BCUT2D eigenvalue weighted by atomic mass is 32.2. The fraction of sp³-hybridized carbons (Fsp3) is 0.929. The summed E-state index contributed by atoms with van der Waals surface area (Å²) >= 11 is 0. The Morgan fingerprint density at radius 2 is 1.82 bits per heavy atom. The van der Waals surface area contributed by atoms with Gasteiger partial charge in [0.25, 0.3) is 0 Å². The first-order valence-corrected chi connectivity index (χ1v) is 8.27. The number of rotatable bonds is 4. The van der Waals surface area contributed by atoms with Crippen LogP contribution >= 0.6 is 0 Å². The van der Waals surface area contributed by atoms with E-state index in [1.165, 1.54) is 6.42 Å². The highest BCUT2D eigenvalue weighted by Gasteiger charge is 2.39. The Balaban J connectivity index is 1.90. The van der Waals surface area contributed by atoms with E-state index in [0.29, 0.717) is 22.2 Å². The molecule has 2 atom stereocenters. The van der Waals surface area contributed by atoms with Gasteiger partial charge in [0.05, 0.1) is 0 Å². The molecule has 0 aromatic heterocycles. The van der Waals surface area contributed by atoms with E-state index in [-0.39, 0.29) is 5.92 Å². The summed E-state index contributed by atoms with van der Waals surface area (Å²) in [5.41, 5.74) is 0. The van der Waals surface area contributed by atoms with Crippen molar-refractivity contribution >= 4 is 16.6 Å². The standard InChI is InChI=1S/C14H24O2S/c1-10(2)6-7-14(15)11-8-12-4-3-5-13(9-11)17(12)16/h10-13H,3-9H2,1-2H3. The molecule has 2 bridgehead atoms. The third-order valence-corrected chi connectivity index (χ3v) is 6.40. The molecule has 2 unspecified atom stereocenters. The summed E-state index contributed by atoms with van der Waals surface area (Å²) in [5.74, 6) is 1.27. The first kappa shape index (κ1) is 13.3. The Morgan fingerprint density at radius 3 is 2.35 bits per heavy atom. The third-order valence-electron chi connectivity index (χ3n) is 4.23. The van der Waals surface area contributed by atoms with Crippen molar-refractivity contribution in [2.24, 2.45) is 11.8 Å². The van der Waals surface area contributed by atoms with Crippen molar-refractivity contribution in [3.05, 3.63) is 0 Å². The van der Waals surface area contributed by atoms with Crippen LogP contribution in [0.3, 0.4) is 0 Å². The lowest BCUT2D eigenvalue weighted by Crippen LogP contribution is -2.41. The molecule has 0 aromatic carbocycles. The molecule has 2 aliphatic heterocycles. The topological polar surface area (TPSA) is 34.1 Å². The maximum absolute atomic E-state index is 12.1. The molecule has 2 heterocycles. The Morgan fingerprint density at radius 1 is 1.24 bits per heavy atom. The van der Waals surface area contributed by atoms with Gasteiger partial charge in [-0.3, -0.25) is 9.00 Å². The second-order valence-electron chi connectivity index (χ2n) is 6.07. The van der Waals surface area contributed by atoms with E-state index < -0.39 is 10.8 Å². The van der Waals surface area contributed by atoms with Crippen LogP contribution in [-0.2, 0) is 15.6 Å². The summed E-state index contributed by atoms with van der Waals surface area (Å²) in [4.78, 5) is 12.1. The molecule has 17 heavy (non-hydrogen) atoms. The van der Waals surface area contributed by atoms with Crippen LogP contribution in [0.25, 0.3) is 0 Å². The molecule has 0 saturated carbocycles. The van der Waals surface area contributed by atoms with Crippen molar-refractivity contribution in [3.63, 3.8) is 0 Å². The van der Waals surface area contributed by atoms with Gasteiger partial charge in [-0.15, -0.1) is 0 Å². The molecular weight excluding hydrogens is 232 g/mol. The van der Waals surface area contributed by atoms with E-state index in [9.17, 15) is 9.00 Å². The van der Waals surface area contributed by atoms with Crippen molar-refractivity contribution in [2.75, 3.05) is 0 Å². The minimum Gasteiger partial charge on any atom is -0.299 e. The summed E-state index contributed by atoms with van der Waals surface area (Å²) in [6, 6.07) is 0. The van der Waals surface area contributed by atoms with Gasteiger partial charge < -0.3 is 0 Å². The number of hydrogen-bond donors (Lipinski definition) is 0. The average molecular weight is 256 g/mol. The molecule has 2 aliphatic rings. The zero-order valence-corrected chi connectivity index (χ0v) is 11.8. The van der Waals surface area contributed by atoms with Crippen molar-refractivity contribution in [1.82, 2.24) is 0 Å². The van der Waals surface area contributed by atoms with E-state index in [1.807, 2.05) is 0 Å². The molecule has 0 aromatic rings. The Bertz CT molecular complexity index is 295. The molecule has 2 fully saturated rings. The highest BCUT2D eigenvalue weighted by Crippen LogP contribution is 2.37. The van der Waals surface area contributed by atoms with Gasteiger partial charge in [-0.2, -0.15) is 0 Å². The monoisotopic (exact) mass is 256 g/mol. The predicted octanol–water partition coefficient (Wildman–Crippen LogP) is 3.07. The van der Waals surface area contributed by atoms with Gasteiger partial charge in [-0.1, -0.05) is 20.3 Å². The summed E-state index contributed by atoms with van der Waals surface area (Å²) in [5, 5.41) is 0.658. The lowest BCUT2D eigenvalue weighted by molar-refractivity contribution is -0.123. The second kappa shape index (κ2) is 5.64. The lowest BCUT2D eigenvalue weighted by atomic mass is 9.84. The summed E-state index contributed by atoms with van der Waals surface area (Å²) < 4.78 is 12.0. The van der Waals surface area contributed by atoms with Crippen molar-refractivity contribution in [1.29, 1.82) is 0 Å². The zero-order chi connectivity index (χ0) is 12.4. The lowest BCUT2D eigenvalue weighted by Gasteiger charge is -2.37. The first-order chi connectivity index (χ1) is 8.08. The maximum Gasteiger partial charge on any atom is 0.136 e. The van der Waals surface area contributed by atoms with Crippen LogP contribution in [0.15, 0.2) is 0 Å². The van der Waals surface area contributed by atoms with Gasteiger partial charge in [0.1, 0.15) is 5.78 Å². The molecule has 0 spiro atoms. The normalized spacial score (nSPS) is 37.1. The Labute approximate surface area is 107 Å². The van der Waals surface area contributed by atoms with Crippen LogP contribution in [0.5, 0.6) is 0 Å². The third kappa shape index (κ3) is 3.18. The fourth-order valence-electron chi connectivity index (χ4n) is 3.13. The Hall–Kier alpha value is -0.180. The minimum absolute atomic E-state index is 0.224. The quantitative estimate of drug-likeness (QED) is 0.774. The molecule has 2 nitrogen and oxygen atoms in total. The van der Waals surface area contributed by atoms with Gasteiger partial charge in [0.2, 0.25) is 0 Å². The molecule has 0 aliphatic carbocycles. The Kier molecular flexibility index (Phi) is 4.40. The number of hydrogen-bond acceptors (Lipinski definition) is 2. The molecule has 0 N–H and O–H groups in total. The van der Waals surface area contributed by atoms with Crippen LogP contribution in [0.4, 0.5) is 0 Å². The molecule has 0 amide bonds. The van der Waals surface area contributed by atoms with Gasteiger partial charge in [-0.05, 0) is 38.0 Å². The number of ketones is 1. The minimum atomic E-state index is -0.638. The number of carbonyl (C=O) groups excluding carboxylic acids is 1. The van der Waals surface area contributed by atoms with Gasteiger partial charge in [-0.25, -0.2) is 0 Å². The van der Waals surface area contributed by atoms with E-state index >= 15 is 0 Å². The zero-order valence-electron chi connectivity index (χ0n) is 11.0. The average Bonchev–Trinajstić information content (AvgIpc) is 2.25. The van der Waals surface area contributed by atoms with E-state index in [4.69, 9.17) is 0 Å². The van der Waals surface area contributed by atoms with Crippen LogP contribution in [0, 0.1) is 11.8 Å². The van der Waals surface area contributed by atoms with E-state index in [2.05, 4.69) is 13.8 Å². The molecule has 98 valence electrons. The van der Waals surface area contributed by atoms with Gasteiger partial charge >= 0.3 is 0 Å². The summed E-state index contributed by atoms with van der Waals surface area (Å²) in [6.45, 7) is 4.33. The van der Waals surface area contributed by atoms with Crippen molar-refractivity contribution in [2.45, 2.75) is 69.3 Å². The maximum atomic E-state index is 12.1. The van der Waals surface area contributed by atoms with Crippen LogP contribution in [-0.4, -0.2) is 20.5 Å². The summed E-state index contributed by atoms with van der Waals surface area (Å²) in [7, 11) is -0.638. The van der Waals surface area contributed by atoms with Crippen molar-refractivity contribution < 1.29 is 9.00 Å². The van der Waals surface area contributed by atoms with Crippen LogP contribution in [0.1, 0.15) is 58.8 Å². The number of fused-ring (bicyclic) bond motifs is 2. The second-order valence-corrected chi connectivity index (χ2v) is 8.06. The summed E-state index contributed by atoms with van der Waals surface area (Å²) in [6.07, 6.45) is 6.92. The van der Waals surface area contributed by atoms with Gasteiger partial charge in [0.15, 0.2) is 0 Å². The van der Waals surface area contributed by atoms with Crippen LogP contribution < -0.4 is 0 Å². The number of carbonyl (C=O) groups is 1. The SMILES string of the molecule is CC(C)CCC(=O)C1CC2CCCC(C1)S2=O. The fourth-order valence-corrected chi connectivity index (χ4v) is 5.32. The highest BCUT2D eigenvalue weighted by molar-refractivity contribution is 7.86. The van der Waals surface area contributed by atoms with Gasteiger partial charge in [0, 0.05) is 33.6 Å². The van der Waals surface area contributed by atoms with E-state index in [1.54, 1.807) is 0 Å². The van der Waals surface area contributed by atoms with Crippen LogP contribution in [0.2, 0.25) is 0 Å².